The maximum absolute atomic E-state index is 13.8. The molecule has 0 radical (unpaired) electrons. The van der Waals surface area contributed by atoms with E-state index in [1.807, 2.05) is 0 Å². The molecule has 0 amide bonds. The summed E-state index contributed by atoms with van der Waals surface area (Å²) in [4.78, 5) is -0.641. The molecule has 3 N–H and O–H groups in total. The molecule has 1 aromatic carbocycles. The number of sulfonamides is 1. The molecule has 8 heteroatoms. The van der Waals surface area contributed by atoms with Gasteiger partial charge in [0.2, 0.25) is 10.0 Å². The van der Waals surface area contributed by atoms with E-state index in [4.69, 9.17) is 10.5 Å². The van der Waals surface area contributed by atoms with Gasteiger partial charge in [-0.25, -0.2) is 21.9 Å². The molecule has 1 aliphatic carbocycles. The van der Waals surface area contributed by atoms with Crippen molar-refractivity contribution in [3.05, 3.63) is 23.8 Å². The quantitative estimate of drug-likeness (QED) is 0.824. The number of nitrogens with two attached hydrogens (primary N) is 1. The van der Waals surface area contributed by atoms with Crippen molar-refractivity contribution >= 4 is 15.7 Å². The Bertz CT molecular complexity index is 607. The summed E-state index contributed by atoms with van der Waals surface area (Å²) >= 11 is 0. The van der Waals surface area contributed by atoms with Crippen LogP contribution in [0.25, 0.3) is 0 Å². The topological polar surface area (TPSA) is 81.4 Å². The fraction of sp³-hybridized carbons (Fsp3) is 0.500. The van der Waals surface area contributed by atoms with E-state index < -0.39 is 32.2 Å². The van der Waals surface area contributed by atoms with Crippen LogP contribution in [0.3, 0.4) is 0 Å². The molecule has 0 aliphatic heterocycles. The number of halogens is 2. The molecule has 1 aromatic rings. The van der Waals surface area contributed by atoms with Crippen molar-refractivity contribution < 1.29 is 21.9 Å². The minimum atomic E-state index is -4.07. The zero-order valence-corrected chi connectivity index (χ0v) is 11.7. The highest BCUT2D eigenvalue weighted by Crippen LogP contribution is 2.26. The number of benzene rings is 1. The first kappa shape index (κ1) is 15.1. The maximum Gasteiger partial charge on any atom is 0.243 e. The van der Waals surface area contributed by atoms with Crippen LogP contribution in [-0.2, 0) is 14.8 Å². The zero-order valence-electron chi connectivity index (χ0n) is 10.9. The molecular weight excluding hydrogens is 290 g/mol. The highest BCUT2D eigenvalue weighted by atomic mass is 32.2. The Morgan fingerprint density at radius 2 is 2.05 bits per heavy atom. The molecule has 0 bridgehead atoms. The Labute approximate surface area is 116 Å². The van der Waals surface area contributed by atoms with Crippen molar-refractivity contribution in [3.63, 3.8) is 0 Å². The second kappa shape index (κ2) is 5.63. The summed E-state index contributed by atoms with van der Waals surface area (Å²) in [7, 11) is -2.52. The van der Waals surface area contributed by atoms with Gasteiger partial charge in [-0.05, 0) is 31.4 Å². The Kier molecular flexibility index (Phi) is 4.26. The average molecular weight is 306 g/mol. The number of methoxy groups -OCH3 is 1. The molecule has 0 aromatic heterocycles. The van der Waals surface area contributed by atoms with Crippen molar-refractivity contribution in [1.82, 2.24) is 4.72 Å². The first-order chi connectivity index (χ1) is 9.35. The summed E-state index contributed by atoms with van der Waals surface area (Å²) in [5.41, 5.74) is 4.37. The molecular formula is C12H16F2N2O3S. The molecule has 1 saturated carbocycles. The molecule has 2 unspecified atom stereocenters. The molecule has 1 aliphatic rings. The Balaban J connectivity index is 2.21. The van der Waals surface area contributed by atoms with Gasteiger partial charge in [-0.1, -0.05) is 0 Å². The van der Waals surface area contributed by atoms with Crippen LogP contribution in [0.4, 0.5) is 14.5 Å². The SMILES string of the molecule is COC1CCC(NS(=O)(=O)c2ccc(F)c(N)c2F)C1. The van der Waals surface area contributed by atoms with Crippen LogP contribution in [0.1, 0.15) is 19.3 Å². The third-order valence-corrected chi connectivity index (χ3v) is 4.96. The average Bonchev–Trinajstić information content (AvgIpc) is 2.82. The van der Waals surface area contributed by atoms with E-state index in [-0.39, 0.29) is 12.1 Å². The molecule has 0 spiro atoms. The molecule has 2 atom stereocenters. The van der Waals surface area contributed by atoms with Crippen LogP contribution in [0.15, 0.2) is 17.0 Å². The minimum absolute atomic E-state index is 0.00849. The van der Waals surface area contributed by atoms with Gasteiger partial charge in [0, 0.05) is 13.2 Å². The third-order valence-electron chi connectivity index (χ3n) is 3.42. The number of hydrogen-bond donors (Lipinski definition) is 2. The lowest BCUT2D eigenvalue weighted by atomic mass is 10.3. The molecule has 0 heterocycles. The highest BCUT2D eigenvalue weighted by molar-refractivity contribution is 7.89. The van der Waals surface area contributed by atoms with E-state index in [1.54, 1.807) is 7.11 Å². The largest absolute Gasteiger partial charge is 0.394 e. The molecule has 1 fully saturated rings. The summed E-state index contributed by atoms with van der Waals surface area (Å²) < 4.78 is 58.6. The van der Waals surface area contributed by atoms with Crippen LogP contribution in [0.5, 0.6) is 0 Å². The van der Waals surface area contributed by atoms with Crippen molar-refractivity contribution in [3.8, 4) is 0 Å². The molecule has 20 heavy (non-hydrogen) atoms. The second-order valence-electron chi connectivity index (χ2n) is 4.76. The number of ether oxygens (including phenoxy) is 1. The molecule has 112 valence electrons. The Morgan fingerprint density at radius 1 is 1.35 bits per heavy atom. The minimum Gasteiger partial charge on any atom is -0.394 e. The van der Waals surface area contributed by atoms with Crippen molar-refractivity contribution in [2.75, 3.05) is 12.8 Å². The van der Waals surface area contributed by atoms with Crippen molar-refractivity contribution in [2.45, 2.75) is 36.3 Å². The van der Waals surface area contributed by atoms with Gasteiger partial charge >= 0.3 is 0 Å². The van der Waals surface area contributed by atoms with Crippen LogP contribution in [0.2, 0.25) is 0 Å². The van der Waals surface area contributed by atoms with Gasteiger partial charge in [0.1, 0.15) is 16.4 Å². The van der Waals surface area contributed by atoms with Crippen LogP contribution in [0, 0.1) is 11.6 Å². The first-order valence-electron chi connectivity index (χ1n) is 6.13. The van der Waals surface area contributed by atoms with Crippen LogP contribution in [-0.4, -0.2) is 27.7 Å². The molecule has 2 rings (SSSR count). The van der Waals surface area contributed by atoms with E-state index in [2.05, 4.69) is 4.72 Å². The van der Waals surface area contributed by atoms with E-state index in [9.17, 15) is 17.2 Å². The lowest BCUT2D eigenvalue weighted by Crippen LogP contribution is -2.34. The number of hydrogen-bond acceptors (Lipinski definition) is 4. The van der Waals surface area contributed by atoms with Gasteiger partial charge < -0.3 is 10.5 Å². The van der Waals surface area contributed by atoms with E-state index in [0.29, 0.717) is 12.8 Å². The van der Waals surface area contributed by atoms with Gasteiger partial charge in [-0.2, -0.15) is 0 Å². The Morgan fingerprint density at radius 3 is 2.65 bits per heavy atom. The lowest BCUT2D eigenvalue weighted by molar-refractivity contribution is 0.107. The summed E-state index contributed by atoms with van der Waals surface area (Å²) in [6.07, 6.45) is 1.85. The van der Waals surface area contributed by atoms with Gasteiger partial charge in [-0.15, -0.1) is 0 Å². The van der Waals surface area contributed by atoms with Crippen molar-refractivity contribution in [2.24, 2.45) is 0 Å². The zero-order chi connectivity index (χ0) is 14.9. The van der Waals surface area contributed by atoms with Gasteiger partial charge in [0.15, 0.2) is 5.82 Å². The smallest absolute Gasteiger partial charge is 0.243 e. The maximum atomic E-state index is 13.8. The Hall–Kier alpha value is -1.25. The van der Waals surface area contributed by atoms with Gasteiger partial charge in [0.25, 0.3) is 0 Å². The van der Waals surface area contributed by atoms with E-state index >= 15 is 0 Å². The van der Waals surface area contributed by atoms with Crippen LogP contribution < -0.4 is 10.5 Å². The molecule has 0 saturated heterocycles. The summed E-state index contributed by atoms with van der Waals surface area (Å²) in [6.45, 7) is 0. The van der Waals surface area contributed by atoms with E-state index in [0.717, 1.165) is 18.6 Å². The normalized spacial score (nSPS) is 23.1. The van der Waals surface area contributed by atoms with Crippen LogP contribution >= 0.6 is 0 Å². The third kappa shape index (κ3) is 2.92. The summed E-state index contributed by atoms with van der Waals surface area (Å²) in [5.74, 6) is -2.25. The van der Waals surface area contributed by atoms with Gasteiger partial charge in [0.05, 0.1) is 6.10 Å². The number of nitrogens with one attached hydrogen (secondary N) is 1. The van der Waals surface area contributed by atoms with Gasteiger partial charge in [-0.3, -0.25) is 0 Å². The first-order valence-corrected chi connectivity index (χ1v) is 7.62. The summed E-state index contributed by atoms with van der Waals surface area (Å²) in [6, 6.07) is 1.38. The predicted octanol–water partition coefficient (Wildman–Crippen LogP) is 1.39. The second-order valence-corrected chi connectivity index (χ2v) is 6.44. The fourth-order valence-electron chi connectivity index (χ4n) is 2.30. The summed E-state index contributed by atoms with van der Waals surface area (Å²) in [5, 5.41) is 0. The molecule has 5 nitrogen and oxygen atoms in total. The van der Waals surface area contributed by atoms with E-state index in [1.165, 1.54) is 0 Å². The number of nitrogen functional groups attached to an aromatic ring is 1. The predicted molar refractivity (Wildman–Crippen MR) is 69.5 cm³/mol. The van der Waals surface area contributed by atoms with Crippen molar-refractivity contribution in [1.29, 1.82) is 0 Å². The number of rotatable bonds is 4. The fourth-order valence-corrected chi connectivity index (χ4v) is 3.67. The lowest BCUT2D eigenvalue weighted by Gasteiger charge is -2.14. The monoisotopic (exact) mass is 306 g/mol. The number of anilines is 1. The standard InChI is InChI=1S/C12H16F2N2O3S/c1-19-8-3-2-7(6-8)16-20(17,18)10-5-4-9(13)12(15)11(10)14/h4-5,7-8,16H,2-3,6,15H2,1H3. The highest BCUT2D eigenvalue weighted by Gasteiger charge is 2.30.